The molecule has 1 aliphatic heterocycles. The van der Waals surface area contributed by atoms with E-state index in [1.165, 1.54) is 67.2 Å². The fraction of sp³-hybridized carbons (Fsp3) is 0.812. The van der Waals surface area contributed by atoms with Crippen LogP contribution in [0.25, 0.3) is 0 Å². The van der Waals surface area contributed by atoms with Crippen LogP contribution in [0, 0.1) is 0 Å². The molecule has 2 aliphatic rings. The van der Waals surface area contributed by atoms with Crippen LogP contribution in [0.2, 0.25) is 0 Å². The van der Waals surface area contributed by atoms with Gasteiger partial charge in [-0.25, -0.2) is 4.98 Å². The first-order chi connectivity index (χ1) is 9.86. The van der Waals surface area contributed by atoms with Crippen LogP contribution in [-0.4, -0.2) is 29.5 Å². The van der Waals surface area contributed by atoms with Gasteiger partial charge in [-0.2, -0.15) is 0 Å². The second-order valence-corrected chi connectivity index (χ2v) is 7.33. The van der Waals surface area contributed by atoms with E-state index in [2.05, 4.69) is 17.1 Å². The van der Waals surface area contributed by atoms with Crippen LogP contribution in [0.5, 0.6) is 0 Å². The number of hydrogen-bond acceptors (Lipinski definition) is 4. The minimum absolute atomic E-state index is 0.776. The summed E-state index contributed by atoms with van der Waals surface area (Å²) >= 11 is 1.95. The Morgan fingerprint density at radius 3 is 2.60 bits per heavy atom. The zero-order valence-corrected chi connectivity index (χ0v) is 13.5. The minimum atomic E-state index is 0.776. The Morgan fingerprint density at radius 1 is 1.20 bits per heavy atom. The SMILES string of the molecule is CCNCc1sc(CN2CCCCCC2)nc1C1CC1. The monoisotopic (exact) mass is 293 g/mol. The topological polar surface area (TPSA) is 28.2 Å². The maximum Gasteiger partial charge on any atom is 0.107 e. The Bertz CT molecular complexity index is 417. The Labute approximate surface area is 126 Å². The van der Waals surface area contributed by atoms with Crippen molar-refractivity contribution in [1.82, 2.24) is 15.2 Å². The van der Waals surface area contributed by atoms with Crippen molar-refractivity contribution in [3.63, 3.8) is 0 Å². The predicted molar refractivity (Wildman–Crippen MR) is 85.2 cm³/mol. The summed E-state index contributed by atoms with van der Waals surface area (Å²) in [7, 11) is 0. The van der Waals surface area contributed by atoms with Crippen molar-refractivity contribution in [3.8, 4) is 0 Å². The quantitative estimate of drug-likeness (QED) is 0.870. The smallest absolute Gasteiger partial charge is 0.107 e. The van der Waals surface area contributed by atoms with E-state index in [9.17, 15) is 0 Å². The molecule has 1 aliphatic carbocycles. The van der Waals surface area contributed by atoms with Crippen molar-refractivity contribution in [2.75, 3.05) is 19.6 Å². The molecule has 1 aromatic heterocycles. The van der Waals surface area contributed by atoms with Gasteiger partial charge in [0, 0.05) is 17.3 Å². The van der Waals surface area contributed by atoms with Gasteiger partial charge >= 0.3 is 0 Å². The van der Waals surface area contributed by atoms with Crippen LogP contribution in [0.4, 0.5) is 0 Å². The van der Waals surface area contributed by atoms with Crippen molar-refractivity contribution in [2.45, 2.75) is 64.5 Å². The van der Waals surface area contributed by atoms with E-state index in [1.54, 1.807) is 0 Å². The molecule has 0 atom stereocenters. The second kappa shape index (κ2) is 7.01. The highest BCUT2D eigenvalue weighted by atomic mass is 32.1. The van der Waals surface area contributed by atoms with E-state index >= 15 is 0 Å². The van der Waals surface area contributed by atoms with E-state index in [0.29, 0.717) is 0 Å². The van der Waals surface area contributed by atoms with Gasteiger partial charge in [-0.05, 0) is 45.3 Å². The first-order valence-electron chi connectivity index (χ1n) is 8.28. The van der Waals surface area contributed by atoms with Crippen molar-refractivity contribution in [1.29, 1.82) is 0 Å². The fourth-order valence-electron chi connectivity index (χ4n) is 3.01. The molecule has 1 aromatic rings. The molecule has 2 fully saturated rings. The standard InChI is InChI=1S/C16H27N3S/c1-2-17-11-14-16(13-7-8-13)18-15(20-14)12-19-9-5-3-4-6-10-19/h13,17H,2-12H2,1H3. The summed E-state index contributed by atoms with van der Waals surface area (Å²) in [5, 5.41) is 4.82. The molecule has 0 spiro atoms. The third kappa shape index (κ3) is 3.80. The molecule has 1 saturated heterocycles. The molecule has 3 nitrogen and oxygen atoms in total. The van der Waals surface area contributed by atoms with E-state index < -0.39 is 0 Å². The molecule has 0 bridgehead atoms. The maximum atomic E-state index is 4.99. The molecule has 3 rings (SSSR count). The third-order valence-electron chi connectivity index (χ3n) is 4.33. The van der Waals surface area contributed by atoms with Crippen LogP contribution in [0.3, 0.4) is 0 Å². The number of nitrogens with zero attached hydrogens (tertiary/aromatic N) is 2. The van der Waals surface area contributed by atoms with Gasteiger partial charge in [-0.1, -0.05) is 19.8 Å². The molecule has 4 heteroatoms. The summed E-state index contributed by atoms with van der Waals surface area (Å²) in [4.78, 5) is 9.10. The summed E-state index contributed by atoms with van der Waals surface area (Å²) < 4.78 is 0. The number of hydrogen-bond donors (Lipinski definition) is 1. The zero-order valence-electron chi connectivity index (χ0n) is 12.7. The van der Waals surface area contributed by atoms with Crippen molar-refractivity contribution >= 4 is 11.3 Å². The molecule has 0 amide bonds. The highest BCUT2D eigenvalue weighted by Gasteiger charge is 2.29. The number of likely N-dealkylation sites (tertiary alicyclic amines) is 1. The molecule has 0 radical (unpaired) electrons. The number of rotatable bonds is 6. The lowest BCUT2D eigenvalue weighted by Gasteiger charge is -2.17. The number of thiazole rings is 1. The molecule has 112 valence electrons. The van der Waals surface area contributed by atoms with Gasteiger partial charge < -0.3 is 5.32 Å². The van der Waals surface area contributed by atoms with Crippen molar-refractivity contribution in [3.05, 3.63) is 15.6 Å². The lowest BCUT2D eigenvalue weighted by atomic mass is 10.2. The first-order valence-corrected chi connectivity index (χ1v) is 9.10. The summed E-state index contributed by atoms with van der Waals surface area (Å²) in [5.74, 6) is 0.776. The lowest BCUT2D eigenvalue weighted by molar-refractivity contribution is 0.276. The summed E-state index contributed by atoms with van der Waals surface area (Å²) in [6, 6.07) is 0. The predicted octanol–water partition coefficient (Wildman–Crippen LogP) is 3.51. The second-order valence-electron chi connectivity index (χ2n) is 6.16. The molecule has 1 N–H and O–H groups in total. The van der Waals surface area contributed by atoms with E-state index in [0.717, 1.165) is 25.6 Å². The number of nitrogens with one attached hydrogen (secondary N) is 1. The minimum Gasteiger partial charge on any atom is -0.312 e. The Morgan fingerprint density at radius 2 is 1.95 bits per heavy atom. The van der Waals surface area contributed by atoms with Crippen LogP contribution in [-0.2, 0) is 13.1 Å². The molecule has 2 heterocycles. The molecule has 0 aromatic carbocycles. The highest BCUT2D eigenvalue weighted by molar-refractivity contribution is 7.11. The van der Waals surface area contributed by atoms with Crippen LogP contribution in [0.1, 0.15) is 66.9 Å². The van der Waals surface area contributed by atoms with Gasteiger partial charge in [0.1, 0.15) is 5.01 Å². The van der Waals surface area contributed by atoms with Gasteiger partial charge in [-0.3, -0.25) is 4.90 Å². The molecule has 20 heavy (non-hydrogen) atoms. The summed E-state index contributed by atoms with van der Waals surface area (Å²) in [6.45, 7) is 7.84. The van der Waals surface area contributed by atoms with Crippen LogP contribution < -0.4 is 5.32 Å². The van der Waals surface area contributed by atoms with Gasteiger partial charge in [-0.15, -0.1) is 11.3 Å². The van der Waals surface area contributed by atoms with Crippen LogP contribution >= 0.6 is 11.3 Å². The zero-order chi connectivity index (χ0) is 13.8. The molecule has 1 saturated carbocycles. The van der Waals surface area contributed by atoms with Crippen molar-refractivity contribution in [2.24, 2.45) is 0 Å². The van der Waals surface area contributed by atoms with Crippen molar-refractivity contribution < 1.29 is 0 Å². The fourth-order valence-corrected chi connectivity index (χ4v) is 4.17. The normalized spacial score (nSPS) is 21.1. The molecule has 0 unspecified atom stereocenters. The Hall–Kier alpha value is -0.450. The number of aromatic nitrogens is 1. The lowest BCUT2D eigenvalue weighted by Crippen LogP contribution is -2.23. The Balaban J connectivity index is 1.65. The van der Waals surface area contributed by atoms with Gasteiger partial charge in [0.2, 0.25) is 0 Å². The maximum absolute atomic E-state index is 4.99. The summed E-state index contributed by atoms with van der Waals surface area (Å²) in [5.41, 5.74) is 1.42. The summed E-state index contributed by atoms with van der Waals surface area (Å²) in [6.07, 6.45) is 8.26. The van der Waals surface area contributed by atoms with Gasteiger partial charge in [0.25, 0.3) is 0 Å². The van der Waals surface area contributed by atoms with E-state index in [-0.39, 0.29) is 0 Å². The third-order valence-corrected chi connectivity index (χ3v) is 5.38. The van der Waals surface area contributed by atoms with E-state index in [4.69, 9.17) is 4.98 Å². The first kappa shape index (κ1) is 14.5. The highest BCUT2D eigenvalue weighted by Crippen LogP contribution is 2.42. The largest absolute Gasteiger partial charge is 0.312 e. The average molecular weight is 293 g/mol. The average Bonchev–Trinajstić information content (AvgIpc) is 3.24. The van der Waals surface area contributed by atoms with Crippen LogP contribution in [0.15, 0.2) is 0 Å². The van der Waals surface area contributed by atoms with Gasteiger partial charge in [0.15, 0.2) is 0 Å². The molecular formula is C16H27N3S. The molecular weight excluding hydrogens is 266 g/mol. The van der Waals surface area contributed by atoms with Gasteiger partial charge in [0.05, 0.1) is 12.2 Å². The van der Waals surface area contributed by atoms with E-state index in [1.807, 2.05) is 11.3 Å². The Kier molecular flexibility index (Phi) is 5.08.